The molecule has 0 aliphatic heterocycles. The first-order valence-electron chi connectivity index (χ1n) is 5.70. The van der Waals surface area contributed by atoms with Crippen LogP contribution in [-0.2, 0) is 12.1 Å². The van der Waals surface area contributed by atoms with Crippen molar-refractivity contribution in [3.05, 3.63) is 53.6 Å². The Hall–Kier alpha value is -1.04. The summed E-state index contributed by atoms with van der Waals surface area (Å²) in [6.45, 7) is 0. The van der Waals surface area contributed by atoms with Crippen LogP contribution in [0.1, 0.15) is 11.1 Å². The van der Waals surface area contributed by atoms with E-state index in [1.165, 1.54) is 17.8 Å². The Kier molecular flexibility index (Phi) is 6.25. The van der Waals surface area contributed by atoms with Gasteiger partial charge in [0.1, 0.15) is 0 Å². The van der Waals surface area contributed by atoms with Gasteiger partial charge in [0.25, 0.3) is 0 Å². The van der Waals surface area contributed by atoms with E-state index in [1.807, 2.05) is 24.3 Å². The Balaban J connectivity index is 0.00000220. The topological polar surface area (TPSA) is 26.0 Å². The minimum atomic E-state index is -4.38. The Bertz CT molecular complexity index is 617. The van der Waals surface area contributed by atoms with Gasteiger partial charge in [-0.05, 0) is 29.8 Å². The van der Waals surface area contributed by atoms with Crippen LogP contribution in [0.25, 0.3) is 0 Å². The predicted molar refractivity (Wildman–Crippen MR) is 83.2 cm³/mol. The molecule has 21 heavy (non-hydrogen) atoms. The van der Waals surface area contributed by atoms with Gasteiger partial charge in [-0.2, -0.15) is 13.2 Å². The summed E-state index contributed by atoms with van der Waals surface area (Å²) in [7, 11) is 0. The first-order valence-corrected chi connectivity index (χ1v) is 7.05. The normalized spacial score (nSPS) is 11.0. The van der Waals surface area contributed by atoms with Crippen molar-refractivity contribution in [3.63, 3.8) is 0 Å². The third kappa shape index (κ3) is 4.46. The number of nitrogen functional groups attached to an aromatic ring is 1. The highest BCUT2D eigenvalue weighted by atomic mass is 35.5. The number of alkyl halides is 4. The molecular formula is C14H12Cl2F3NS. The molecule has 1 nitrogen and oxygen atoms in total. The lowest BCUT2D eigenvalue weighted by atomic mass is 10.2. The van der Waals surface area contributed by atoms with Crippen molar-refractivity contribution in [2.75, 3.05) is 5.73 Å². The zero-order chi connectivity index (χ0) is 14.8. The van der Waals surface area contributed by atoms with Crippen LogP contribution in [0, 0.1) is 0 Å². The van der Waals surface area contributed by atoms with Crippen molar-refractivity contribution in [3.8, 4) is 0 Å². The van der Waals surface area contributed by atoms with Crippen LogP contribution in [0.2, 0.25) is 0 Å². The highest BCUT2D eigenvalue weighted by Gasteiger charge is 2.30. The second-order valence-electron chi connectivity index (χ2n) is 4.09. The van der Waals surface area contributed by atoms with Gasteiger partial charge in [-0.25, -0.2) is 0 Å². The van der Waals surface area contributed by atoms with Crippen molar-refractivity contribution >= 4 is 41.5 Å². The molecule has 0 spiro atoms. The maximum absolute atomic E-state index is 12.6. The summed E-state index contributed by atoms with van der Waals surface area (Å²) >= 11 is 7.14. The van der Waals surface area contributed by atoms with E-state index in [4.69, 9.17) is 17.3 Å². The second kappa shape index (κ2) is 7.29. The molecule has 0 heterocycles. The van der Waals surface area contributed by atoms with Crippen LogP contribution < -0.4 is 5.73 Å². The van der Waals surface area contributed by atoms with E-state index in [0.717, 1.165) is 22.6 Å². The molecule has 0 fully saturated rings. The summed E-state index contributed by atoms with van der Waals surface area (Å²) in [5.74, 6) is 0.337. The monoisotopic (exact) mass is 353 g/mol. The Morgan fingerprint density at radius 3 is 2.29 bits per heavy atom. The van der Waals surface area contributed by atoms with Gasteiger partial charge in [-0.15, -0.1) is 24.0 Å². The van der Waals surface area contributed by atoms with Crippen LogP contribution in [0.3, 0.4) is 0 Å². The van der Waals surface area contributed by atoms with Crippen LogP contribution in [0.15, 0.2) is 52.3 Å². The SMILES string of the molecule is Cl.Nc1cc(C(F)(F)F)ccc1Sc1ccccc1CCl. The second-order valence-corrected chi connectivity index (χ2v) is 5.44. The number of hydrogen-bond acceptors (Lipinski definition) is 2. The summed E-state index contributed by atoms with van der Waals surface area (Å²) in [6, 6.07) is 10.8. The van der Waals surface area contributed by atoms with Crippen molar-refractivity contribution < 1.29 is 13.2 Å². The van der Waals surface area contributed by atoms with Gasteiger partial charge in [0, 0.05) is 21.4 Å². The molecule has 0 amide bonds. The lowest BCUT2D eigenvalue weighted by Crippen LogP contribution is -2.05. The minimum absolute atomic E-state index is 0. The summed E-state index contributed by atoms with van der Waals surface area (Å²) in [5.41, 5.74) is 5.98. The molecule has 7 heteroatoms. The van der Waals surface area contributed by atoms with Crippen LogP contribution in [-0.4, -0.2) is 0 Å². The molecule has 0 radical (unpaired) electrons. The molecule has 114 valence electrons. The fourth-order valence-electron chi connectivity index (χ4n) is 1.65. The average Bonchev–Trinajstić information content (AvgIpc) is 2.40. The average molecular weight is 354 g/mol. The molecule has 2 rings (SSSR count). The third-order valence-corrected chi connectivity index (χ3v) is 4.17. The van der Waals surface area contributed by atoms with E-state index < -0.39 is 11.7 Å². The van der Waals surface area contributed by atoms with Gasteiger partial charge in [-0.3, -0.25) is 0 Å². The van der Waals surface area contributed by atoms with E-state index in [9.17, 15) is 13.2 Å². The third-order valence-electron chi connectivity index (χ3n) is 2.67. The molecule has 2 aromatic carbocycles. The molecule has 0 saturated heterocycles. The Morgan fingerprint density at radius 1 is 1.05 bits per heavy atom. The first-order chi connectivity index (χ1) is 9.41. The van der Waals surface area contributed by atoms with Crippen molar-refractivity contribution in [2.24, 2.45) is 0 Å². The van der Waals surface area contributed by atoms with Crippen molar-refractivity contribution in [1.82, 2.24) is 0 Å². The molecule has 0 bridgehead atoms. The fourth-order valence-corrected chi connectivity index (χ4v) is 2.93. The van der Waals surface area contributed by atoms with Crippen LogP contribution in [0.5, 0.6) is 0 Å². The number of anilines is 1. The van der Waals surface area contributed by atoms with Gasteiger partial charge in [0.2, 0.25) is 0 Å². The molecule has 2 aromatic rings. The van der Waals surface area contributed by atoms with Gasteiger partial charge >= 0.3 is 6.18 Å². The van der Waals surface area contributed by atoms with Crippen molar-refractivity contribution in [1.29, 1.82) is 0 Å². The number of halogens is 5. The van der Waals surface area contributed by atoms with Gasteiger partial charge < -0.3 is 5.73 Å². The van der Waals surface area contributed by atoms with Gasteiger partial charge in [0.15, 0.2) is 0 Å². The summed E-state index contributed by atoms with van der Waals surface area (Å²) in [6.07, 6.45) is -4.38. The van der Waals surface area contributed by atoms with E-state index in [1.54, 1.807) is 0 Å². The fraction of sp³-hybridized carbons (Fsp3) is 0.143. The molecule has 0 atom stereocenters. The standard InChI is InChI=1S/C14H11ClF3NS.ClH/c15-8-9-3-1-2-4-12(9)20-13-6-5-10(7-11(13)19)14(16,17)18;/h1-7H,8,19H2;1H. The highest BCUT2D eigenvalue weighted by Crippen LogP contribution is 2.38. The van der Waals surface area contributed by atoms with Gasteiger partial charge in [-0.1, -0.05) is 30.0 Å². The van der Waals surface area contributed by atoms with E-state index in [-0.39, 0.29) is 18.1 Å². The summed E-state index contributed by atoms with van der Waals surface area (Å²) in [5, 5.41) is 0. The van der Waals surface area contributed by atoms with Crippen LogP contribution in [0.4, 0.5) is 18.9 Å². The zero-order valence-electron chi connectivity index (χ0n) is 10.7. The van der Waals surface area contributed by atoms with Crippen LogP contribution >= 0.6 is 35.8 Å². The predicted octanol–water partition coefficient (Wildman–Crippen LogP) is 5.60. The van der Waals surface area contributed by atoms with E-state index >= 15 is 0 Å². The van der Waals surface area contributed by atoms with E-state index in [2.05, 4.69) is 0 Å². The molecule has 0 aliphatic carbocycles. The maximum Gasteiger partial charge on any atom is 0.416 e. The first kappa shape index (κ1) is 18.0. The highest BCUT2D eigenvalue weighted by molar-refractivity contribution is 7.99. The molecule has 0 aromatic heterocycles. The maximum atomic E-state index is 12.6. The number of benzene rings is 2. The lowest BCUT2D eigenvalue weighted by molar-refractivity contribution is -0.137. The Labute approximate surface area is 136 Å². The zero-order valence-corrected chi connectivity index (χ0v) is 13.0. The number of nitrogens with two attached hydrogens (primary N) is 1. The Morgan fingerprint density at radius 2 is 1.71 bits per heavy atom. The summed E-state index contributed by atoms with van der Waals surface area (Å²) < 4.78 is 37.7. The number of hydrogen-bond donors (Lipinski definition) is 1. The van der Waals surface area contributed by atoms with Gasteiger partial charge in [0.05, 0.1) is 5.56 Å². The molecule has 2 N–H and O–H groups in total. The molecule has 0 unspecified atom stereocenters. The summed E-state index contributed by atoms with van der Waals surface area (Å²) in [4.78, 5) is 1.46. The van der Waals surface area contributed by atoms with Crippen molar-refractivity contribution in [2.45, 2.75) is 21.8 Å². The number of rotatable bonds is 3. The minimum Gasteiger partial charge on any atom is -0.398 e. The largest absolute Gasteiger partial charge is 0.416 e. The van der Waals surface area contributed by atoms with E-state index in [0.29, 0.717) is 10.8 Å². The molecule has 0 saturated carbocycles. The smallest absolute Gasteiger partial charge is 0.398 e. The molecular weight excluding hydrogens is 342 g/mol. The molecule has 0 aliphatic rings. The quantitative estimate of drug-likeness (QED) is 0.574. The lowest BCUT2D eigenvalue weighted by Gasteiger charge is -2.12.